The van der Waals surface area contributed by atoms with Crippen molar-refractivity contribution < 1.29 is 4.74 Å². The Morgan fingerprint density at radius 3 is 2.50 bits per heavy atom. The van der Waals surface area contributed by atoms with Gasteiger partial charge in [-0.05, 0) is 37.1 Å². The molecule has 1 rings (SSSR count). The Morgan fingerprint density at radius 1 is 1.18 bits per heavy atom. The third kappa shape index (κ3) is 6.38. The predicted molar refractivity (Wildman–Crippen MR) is 96.8 cm³/mol. The first kappa shape index (κ1) is 18.3. The number of rotatable bonds is 11. The fourth-order valence-electron chi connectivity index (χ4n) is 2.77. The Kier molecular flexibility index (Phi) is 9.13. The van der Waals surface area contributed by atoms with Crippen LogP contribution in [-0.2, 0) is 0 Å². The molecule has 0 aliphatic carbocycles. The molecule has 0 aliphatic heterocycles. The lowest BCUT2D eigenvalue weighted by Crippen LogP contribution is -2.08. The molecule has 0 radical (unpaired) electrons. The Morgan fingerprint density at radius 2 is 1.86 bits per heavy atom. The average molecular weight is 301 g/mol. The van der Waals surface area contributed by atoms with E-state index >= 15 is 0 Å². The smallest absolute Gasteiger partial charge is 0.126 e. The van der Waals surface area contributed by atoms with E-state index in [0.29, 0.717) is 0 Å². The predicted octanol–water partition coefficient (Wildman–Crippen LogP) is 5.77. The van der Waals surface area contributed by atoms with Crippen LogP contribution >= 0.6 is 0 Å². The highest BCUT2D eigenvalue weighted by atomic mass is 16.5. The van der Waals surface area contributed by atoms with Crippen molar-refractivity contribution in [2.75, 3.05) is 6.61 Å². The number of ether oxygens (including phenoxy) is 1. The van der Waals surface area contributed by atoms with Gasteiger partial charge in [0.1, 0.15) is 5.75 Å². The Labute approximate surface area is 136 Å². The Hall–Kier alpha value is -1.70. The van der Waals surface area contributed by atoms with Gasteiger partial charge in [0.2, 0.25) is 0 Å². The maximum atomic E-state index is 6.07. The van der Waals surface area contributed by atoms with Crippen LogP contribution in [0.2, 0.25) is 0 Å². The molecular formula is C20H31NO. The molecule has 0 spiro atoms. The van der Waals surface area contributed by atoms with Gasteiger partial charge in [-0.1, -0.05) is 64.3 Å². The topological polar surface area (TPSA) is 21.3 Å². The quantitative estimate of drug-likeness (QED) is 0.560. The minimum Gasteiger partial charge on any atom is -0.493 e. The molecule has 1 N–H and O–H groups in total. The first-order valence-corrected chi connectivity index (χ1v) is 8.48. The second kappa shape index (κ2) is 10.9. The van der Waals surface area contributed by atoms with E-state index in [9.17, 15) is 0 Å². The van der Waals surface area contributed by atoms with Crippen LogP contribution in [0.25, 0.3) is 5.57 Å². The van der Waals surface area contributed by atoms with Gasteiger partial charge in [0.05, 0.1) is 6.61 Å². The van der Waals surface area contributed by atoms with Crippen molar-refractivity contribution in [2.24, 2.45) is 5.92 Å². The third-order valence-electron chi connectivity index (χ3n) is 3.91. The zero-order valence-corrected chi connectivity index (χ0v) is 14.4. The van der Waals surface area contributed by atoms with E-state index in [-0.39, 0.29) is 0 Å². The number of allylic oxidation sites excluding steroid dienone is 1. The molecule has 0 unspecified atom stereocenters. The molecular weight excluding hydrogens is 270 g/mol. The summed E-state index contributed by atoms with van der Waals surface area (Å²) in [4.78, 5) is 0. The largest absolute Gasteiger partial charge is 0.493 e. The molecule has 22 heavy (non-hydrogen) atoms. The van der Waals surface area contributed by atoms with Crippen LogP contribution < -0.4 is 10.1 Å². The summed E-state index contributed by atoms with van der Waals surface area (Å²) in [6.07, 6.45) is 9.90. The first-order chi connectivity index (χ1) is 10.7. The number of para-hydroxylation sites is 1. The highest BCUT2D eigenvalue weighted by Gasteiger charge is 2.09. The van der Waals surface area contributed by atoms with Gasteiger partial charge >= 0.3 is 0 Å². The number of hydrogen-bond acceptors (Lipinski definition) is 2. The summed E-state index contributed by atoms with van der Waals surface area (Å²) in [5.74, 6) is 1.76. The Balaban J connectivity index is 2.63. The van der Waals surface area contributed by atoms with Gasteiger partial charge in [0.15, 0.2) is 0 Å². The molecule has 0 heterocycles. The minimum atomic E-state index is 0.793. The second-order valence-corrected chi connectivity index (χ2v) is 5.77. The van der Waals surface area contributed by atoms with E-state index in [4.69, 9.17) is 4.74 Å². The lowest BCUT2D eigenvalue weighted by Gasteiger charge is -2.17. The molecule has 0 bridgehead atoms. The van der Waals surface area contributed by atoms with Crippen molar-refractivity contribution >= 4 is 5.57 Å². The van der Waals surface area contributed by atoms with E-state index in [1.165, 1.54) is 25.7 Å². The molecule has 2 heteroatoms. The first-order valence-electron chi connectivity index (χ1n) is 8.48. The minimum absolute atomic E-state index is 0.793. The zero-order chi connectivity index (χ0) is 16.2. The van der Waals surface area contributed by atoms with Gasteiger partial charge in [0.25, 0.3) is 0 Å². The Bertz CT molecular complexity index is 459. The zero-order valence-electron chi connectivity index (χ0n) is 14.4. The lowest BCUT2D eigenvalue weighted by atomic mass is 9.95. The molecule has 0 saturated carbocycles. The number of nitrogens with one attached hydrogen (secondary N) is 1. The van der Waals surface area contributed by atoms with Crippen molar-refractivity contribution in [1.82, 2.24) is 5.32 Å². The fourth-order valence-corrected chi connectivity index (χ4v) is 2.77. The molecule has 1 aromatic rings. The standard InChI is InChI=1S/C20H31NO/c1-5-10-18(11-6-2)14-15-22-20-13-9-8-12-19(20)17(4)16-21-7-3/h7-9,12-13,16,18,21H,3,5-6,10-11,14-15H2,1-2,4H3/b17-16+. The monoisotopic (exact) mass is 301 g/mol. The molecule has 0 aromatic heterocycles. The molecule has 122 valence electrons. The molecule has 0 aliphatic rings. The summed E-state index contributed by atoms with van der Waals surface area (Å²) < 4.78 is 6.07. The van der Waals surface area contributed by atoms with Gasteiger partial charge in [-0.3, -0.25) is 0 Å². The number of hydrogen-bond donors (Lipinski definition) is 1. The van der Waals surface area contributed by atoms with Gasteiger partial charge in [0, 0.05) is 11.8 Å². The van der Waals surface area contributed by atoms with Crippen LogP contribution in [0, 0.1) is 5.92 Å². The molecule has 2 nitrogen and oxygen atoms in total. The summed E-state index contributed by atoms with van der Waals surface area (Å²) in [6.45, 7) is 11.1. The van der Waals surface area contributed by atoms with Crippen molar-refractivity contribution in [1.29, 1.82) is 0 Å². The van der Waals surface area contributed by atoms with Crippen molar-refractivity contribution in [3.8, 4) is 5.75 Å². The molecule has 1 aromatic carbocycles. The lowest BCUT2D eigenvalue weighted by molar-refractivity contribution is 0.263. The van der Waals surface area contributed by atoms with Crippen LogP contribution in [-0.4, -0.2) is 6.61 Å². The summed E-state index contributed by atoms with van der Waals surface area (Å²) in [5.41, 5.74) is 2.29. The summed E-state index contributed by atoms with van der Waals surface area (Å²) >= 11 is 0. The molecule has 0 fully saturated rings. The normalized spacial score (nSPS) is 11.5. The SMILES string of the molecule is C=CN/C=C(\C)c1ccccc1OCCC(CCC)CCC. The molecule has 0 saturated heterocycles. The highest BCUT2D eigenvalue weighted by Crippen LogP contribution is 2.26. The van der Waals surface area contributed by atoms with Crippen LogP contribution in [0.1, 0.15) is 58.4 Å². The second-order valence-electron chi connectivity index (χ2n) is 5.77. The van der Waals surface area contributed by atoms with E-state index < -0.39 is 0 Å². The third-order valence-corrected chi connectivity index (χ3v) is 3.91. The number of benzene rings is 1. The van der Waals surface area contributed by atoms with Crippen LogP contribution in [0.5, 0.6) is 5.75 Å². The summed E-state index contributed by atoms with van der Waals surface area (Å²) in [7, 11) is 0. The maximum Gasteiger partial charge on any atom is 0.126 e. The van der Waals surface area contributed by atoms with Crippen LogP contribution in [0.15, 0.2) is 43.2 Å². The fraction of sp³-hybridized carbons (Fsp3) is 0.500. The summed E-state index contributed by atoms with van der Waals surface area (Å²) in [5, 5.41) is 3.03. The molecule has 0 atom stereocenters. The van der Waals surface area contributed by atoms with E-state index in [1.807, 2.05) is 18.3 Å². The summed E-state index contributed by atoms with van der Waals surface area (Å²) in [6, 6.07) is 8.23. The van der Waals surface area contributed by atoms with Crippen LogP contribution in [0.3, 0.4) is 0 Å². The highest BCUT2D eigenvalue weighted by molar-refractivity contribution is 5.68. The molecule has 0 amide bonds. The van der Waals surface area contributed by atoms with E-state index in [0.717, 1.165) is 35.8 Å². The van der Waals surface area contributed by atoms with Crippen LogP contribution in [0.4, 0.5) is 0 Å². The average Bonchev–Trinajstić information content (AvgIpc) is 2.53. The van der Waals surface area contributed by atoms with Crippen molar-refractivity contribution in [3.63, 3.8) is 0 Å². The van der Waals surface area contributed by atoms with Gasteiger partial charge in [-0.15, -0.1) is 0 Å². The van der Waals surface area contributed by atoms with Crippen molar-refractivity contribution in [2.45, 2.75) is 52.9 Å². The van der Waals surface area contributed by atoms with Crippen molar-refractivity contribution in [3.05, 3.63) is 48.8 Å². The maximum absolute atomic E-state index is 6.07. The van der Waals surface area contributed by atoms with Gasteiger partial charge in [-0.25, -0.2) is 0 Å². The van der Waals surface area contributed by atoms with E-state index in [2.05, 4.69) is 44.8 Å². The van der Waals surface area contributed by atoms with Gasteiger partial charge in [-0.2, -0.15) is 0 Å². The van der Waals surface area contributed by atoms with Gasteiger partial charge < -0.3 is 10.1 Å². The van der Waals surface area contributed by atoms with E-state index in [1.54, 1.807) is 6.20 Å².